The summed E-state index contributed by atoms with van der Waals surface area (Å²) in [6.45, 7) is 5.36. The fourth-order valence-electron chi connectivity index (χ4n) is 4.78. The highest BCUT2D eigenvalue weighted by Gasteiger charge is 2.23. The first-order valence-electron chi connectivity index (χ1n) is 12.2. The van der Waals surface area contributed by atoms with Gasteiger partial charge in [0, 0.05) is 42.8 Å². The Hall–Kier alpha value is -2.78. The summed E-state index contributed by atoms with van der Waals surface area (Å²) in [6, 6.07) is 6.75. The molecule has 9 heteroatoms. The molecule has 3 aromatic heterocycles. The minimum atomic E-state index is -0.0976. The Morgan fingerprint density at radius 2 is 2.09 bits per heavy atom. The van der Waals surface area contributed by atoms with E-state index >= 15 is 0 Å². The van der Waals surface area contributed by atoms with Crippen molar-refractivity contribution in [3.8, 4) is 17.0 Å². The van der Waals surface area contributed by atoms with E-state index in [9.17, 15) is 0 Å². The maximum atomic E-state index is 5.79. The molecule has 1 aliphatic heterocycles. The van der Waals surface area contributed by atoms with Gasteiger partial charge in [0.25, 0.3) is 0 Å². The SMILES string of the molecule is COc1cncc(-c2cn([C@H](C)n3ccc(N4CCC[C@@H](NCC5CCC5)C4)cc3=S)nn2)c1. The van der Waals surface area contributed by atoms with Crippen LogP contribution in [-0.2, 0) is 0 Å². The molecule has 1 saturated heterocycles. The summed E-state index contributed by atoms with van der Waals surface area (Å²) >= 11 is 5.79. The van der Waals surface area contributed by atoms with Gasteiger partial charge in [0.15, 0.2) is 0 Å². The van der Waals surface area contributed by atoms with Crippen LogP contribution in [0.5, 0.6) is 5.75 Å². The summed E-state index contributed by atoms with van der Waals surface area (Å²) in [5.74, 6) is 1.58. The Bertz CT molecular complexity index is 1170. The molecule has 3 aromatic rings. The second-order valence-electron chi connectivity index (χ2n) is 9.45. The van der Waals surface area contributed by atoms with Crippen LogP contribution >= 0.6 is 12.2 Å². The van der Waals surface area contributed by atoms with Crippen LogP contribution in [0.15, 0.2) is 43.0 Å². The van der Waals surface area contributed by atoms with Gasteiger partial charge < -0.3 is 19.5 Å². The molecule has 180 valence electrons. The zero-order valence-electron chi connectivity index (χ0n) is 19.9. The maximum Gasteiger partial charge on any atom is 0.137 e. The van der Waals surface area contributed by atoms with Gasteiger partial charge in [-0.15, -0.1) is 5.10 Å². The van der Waals surface area contributed by atoms with Gasteiger partial charge in [-0.25, -0.2) is 4.68 Å². The average Bonchev–Trinajstić information content (AvgIpc) is 3.33. The quantitative estimate of drug-likeness (QED) is 0.483. The highest BCUT2D eigenvalue weighted by atomic mass is 32.1. The highest BCUT2D eigenvalue weighted by molar-refractivity contribution is 7.71. The standard InChI is InChI=1S/C25H33N7OS/c1-18(32-17-24(28-29-32)20-11-23(33-2)15-26-14-20)31-10-8-22(12-25(31)34)30-9-4-7-21(16-30)27-13-19-5-3-6-19/h8,10-12,14-15,17-19,21,27H,3-7,9,13,16H2,1-2H3/t18-,21-/m1/s1. The van der Waals surface area contributed by atoms with Crippen molar-refractivity contribution >= 4 is 17.9 Å². The Balaban J connectivity index is 1.27. The van der Waals surface area contributed by atoms with Gasteiger partial charge in [-0.1, -0.05) is 23.9 Å². The van der Waals surface area contributed by atoms with Crippen molar-refractivity contribution in [1.29, 1.82) is 0 Å². The topological polar surface area (TPSA) is 73.0 Å². The Morgan fingerprint density at radius 3 is 2.85 bits per heavy atom. The number of methoxy groups -OCH3 is 1. The second-order valence-corrected chi connectivity index (χ2v) is 9.87. The molecular formula is C25H33N7OS. The van der Waals surface area contributed by atoms with Crippen LogP contribution in [0.2, 0.25) is 0 Å². The third-order valence-electron chi connectivity index (χ3n) is 7.18. The first-order chi connectivity index (χ1) is 16.6. The number of anilines is 1. The largest absolute Gasteiger partial charge is 0.495 e. The molecular weight excluding hydrogens is 446 g/mol. The van der Waals surface area contributed by atoms with Gasteiger partial charge in [-0.05, 0) is 63.3 Å². The lowest BCUT2D eigenvalue weighted by Crippen LogP contribution is -2.47. The van der Waals surface area contributed by atoms with Crippen LogP contribution in [0.1, 0.15) is 45.2 Å². The number of hydrogen-bond acceptors (Lipinski definition) is 7. The third-order valence-corrected chi connectivity index (χ3v) is 7.51. The number of nitrogens with zero attached hydrogens (tertiary/aromatic N) is 6. The average molecular weight is 480 g/mol. The number of rotatable bonds is 8. The Kier molecular flexibility index (Phi) is 6.92. The van der Waals surface area contributed by atoms with E-state index in [1.54, 1.807) is 19.5 Å². The molecule has 0 bridgehead atoms. The molecule has 4 heterocycles. The predicted molar refractivity (Wildman–Crippen MR) is 136 cm³/mol. The summed E-state index contributed by atoms with van der Waals surface area (Å²) in [4.78, 5) is 6.68. The summed E-state index contributed by atoms with van der Waals surface area (Å²) in [7, 11) is 1.63. The zero-order chi connectivity index (χ0) is 23.5. The Labute approximate surface area is 206 Å². The fourth-order valence-corrected chi connectivity index (χ4v) is 5.12. The number of ether oxygens (including phenoxy) is 1. The van der Waals surface area contributed by atoms with Gasteiger partial charge in [-0.3, -0.25) is 4.98 Å². The third kappa shape index (κ3) is 5.00. The first-order valence-corrected chi connectivity index (χ1v) is 12.6. The molecule has 1 aliphatic carbocycles. The lowest BCUT2D eigenvalue weighted by Gasteiger charge is -2.36. The van der Waals surface area contributed by atoms with Crippen molar-refractivity contribution in [1.82, 2.24) is 29.9 Å². The van der Waals surface area contributed by atoms with Crippen LogP contribution in [0.4, 0.5) is 5.69 Å². The van der Waals surface area contributed by atoms with Crippen molar-refractivity contribution in [2.45, 2.75) is 51.2 Å². The van der Waals surface area contributed by atoms with E-state index in [4.69, 9.17) is 17.0 Å². The Morgan fingerprint density at radius 1 is 1.21 bits per heavy atom. The number of hydrogen-bond donors (Lipinski definition) is 1. The minimum Gasteiger partial charge on any atom is -0.495 e. The lowest BCUT2D eigenvalue weighted by molar-refractivity contribution is 0.280. The van der Waals surface area contributed by atoms with Gasteiger partial charge in [-0.2, -0.15) is 0 Å². The molecule has 34 heavy (non-hydrogen) atoms. The van der Waals surface area contributed by atoms with Crippen molar-refractivity contribution in [2.75, 3.05) is 31.6 Å². The summed E-state index contributed by atoms with van der Waals surface area (Å²) in [5, 5.41) is 12.5. The number of pyridine rings is 2. The van der Waals surface area contributed by atoms with Crippen molar-refractivity contribution in [2.24, 2.45) is 5.92 Å². The van der Waals surface area contributed by atoms with E-state index in [2.05, 4.69) is 55.3 Å². The first kappa shape index (κ1) is 23.0. The summed E-state index contributed by atoms with van der Waals surface area (Å²) < 4.78 is 9.94. The highest BCUT2D eigenvalue weighted by Crippen LogP contribution is 2.27. The van der Waals surface area contributed by atoms with Gasteiger partial charge >= 0.3 is 0 Å². The summed E-state index contributed by atoms with van der Waals surface area (Å²) in [5.41, 5.74) is 2.81. The predicted octanol–water partition coefficient (Wildman–Crippen LogP) is 4.30. The van der Waals surface area contributed by atoms with E-state index in [-0.39, 0.29) is 6.17 Å². The van der Waals surface area contributed by atoms with Crippen LogP contribution in [0, 0.1) is 10.6 Å². The monoisotopic (exact) mass is 479 g/mol. The van der Waals surface area contributed by atoms with E-state index < -0.39 is 0 Å². The molecule has 2 atom stereocenters. The lowest BCUT2D eigenvalue weighted by atomic mass is 9.85. The van der Waals surface area contributed by atoms with E-state index in [1.807, 2.05) is 16.9 Å². The molecule has 2 aliphatic rings. The molecule has 0 spiro atoms. The number of aromatic nitrogens is 5. The van der Waals surface area contributed by atoms with Crippen molar-refractivity contribution in [3.63, 3.8) is 0 Å². The number of nitrogens with one attached hydrogen (secondary N) is 1. The van der Waals surface area contributed by atoms with Gasteiger partial charge in [0.05, 0.1) is 19.5 Å². The number of piperidine rings is 1. The molecule has 0 amide bonds. The fraction of sp³-hybridized carbons (Fsp3) is 0.520. The van der Waals surface area contributed by atoms with E-state index in [0.717, 1.165) is 34.9 Å². The van der Waals surface area contributed by atoms with Crippen LogP contribution < -0.4 is 15.0 Å². The van der Waals surface area contributed by atoms with Gasteiger partial charge in [0.1, 0.15) is 22.2 Å². The molecule has 2 fully saturated rings. The molecule has 8 nitrogen and oxygen atoms in total. The minimum absolute atomic E-state index is 0.0976. The van der Waals surface area contributed by atoms with Crippen LogP contribution in [0.3, 0.4) is 0 Å². The molecule has 0 aromatic carbocycles. The smallest absolute Gasteiger partial charge is 0.137 e. The maximum absolute atomic E-state index is 5.79. The van der Waals surface area contributed by atoms with E-state index in [1.165, 1.54) is 44.3 Å². The van der Waals surface area contributed by atoms with Crippen LogP contribution in [-0.4, -0.2) is 57.3 Å². The molecule has 0 radical (unpaired) electrons. The summed E-state index contributed by atoms with van der Waals surface area (Å²) in [6.07, 6.45) is 14.0. The van der Waals surface area contributed by atoms with Crippen molar-refractivity contribution in [3.05, 3.63) is 47.6 Å². The second kappa shape index (κ2) is 10.2. The normalized spacial score (nSPS) is 19.6. The van der Waals surface area contributed by atoms with Crippen LogP contribution in [0.25, 0.3) is 11.3 Å². The zero-order valence-corrected chi connectivity index (χ0v) is 20.7. The van der Waals surface area contributed by atoms with Crippen molar-refractivity contribution < 1.29 is 4.74 Å². The molecule has 0 unspecified atom stereocenters. The van der Waals surface area contributed by atoms with E-state index in [0.29, 0.717) is 11.8 Å². The van der Waals surface area contributed by atoms with Gasteiger partial charge in [0.2, 0.25) is 0 Å². The molecule has 1 saturated carbocycles. The molecule has 5 rings (SSSR count). The molecule has 1 N–H and O–H groups in total.